The Labute approximate surface area is 114 Å². The summed E-state index contributed by atoms with van der Waals surface area (Å²) in [4.78, 5) is 4.66. The summed E-state index contributed by atoms with van der Waals surface area (Å²) in [5, 5.41) is 0. The second kappa shape index (κ2) is 15.1. The summed E-state index contributed by atoms with van der Waals surface area (Å²) >= 11 is 0. The molecular formula is C12H26Cl2N2. The van der Waals surface area contributed by atoms with Gasteiger partial charge in [0.2, 0.25) is 0 Å². The van der Waals surface area contributed by atoms with Crippen LogP contribution in [0.5, 0.6) is 0 Å². The van der Waals surface area contributed by atoms with Gasteiger partial charge in [-0.15, -0.1) is 24.8 Å². The van der Waals surface area contributed by atoms with Crippen LogP contribution in [0.25, 0.3) is 0 Å². The summed E-state index contributed by atoms with van der Waals surface area (Å²) in [7, 11) is 0. The van der Waals surface area contributed by atoms with E-state index in [9.17, 15) is 0 Å². The highest BCUT2D eigenvalue weighted by molar-refractivity contribution is 5.85. The molecule has 4 heteroatoms. The lowest BCUT2D eigenvalue weighted by atomic mass is 10.4. The van der Waals surface area contributed by atoms with Gasteiger partial charge in [0.25, 0.3) is 0 Å². The molecule has 0 spiro atoms. The second-order valence-electron chi connectivity index (χ2n) is 3.28. The van der Waals surface area contributed by atoms with Crippen molar-refractivity contribution < 1.29 is 0 Å². The standard InChI is InChI=1S/C12H24N2.2ClH/c1-5-13(6-2)11-9-10-12-14(7-3)8-4;;/h5-8,11-12H2,1-4H3;2*1H. The van der Waals surface area contributed by atoms with Gasteiger partial charge < -0.3 is 0 Å². The van der Waals surface area contributed by atoms with Gasteiger partial charge >= 0.3 is 0 Å². The quantitative estimate of drug-likeness (QED) is 0.684. The Bertz CT molecular complexity index is 161. The van der Waals surface area contributed by atoms with E-state index >= 15 is 0 Å². The van der Waals surface area contributed by atoms with Crippen LogP contribution >= 0.6 is 24.8 Å². The molecule has 0 saturated carbocycles. The average Bonchev–Trinajstić information content (AvgIpc) is 2.24. The van der Waals surface area contributed by atoms with Gasteiger partial charge in [0.15, 0.2) is 0 Å². The topological polar surface area (TPSA) is 6.48 Å². The molecule has 0 aromatic carbocycles. The zero-order valence-electron chi connectivity index (χ0n) is 11.0. The van der Waals surface area contributed by atoms with Crippen molar-refractivity contribution in [2.45, 2.75) is 27.7 Å². The normalized spacial score (nSPS) is 9.12. The molecule has 0 aliphatic heterocycles. The van der Waals surface area contributed by atoms with Crippen LogP contribution in [0, 0.1) is 11.8 Å². The van der Waals surface area contributed by atoms with Gasteiger partial charge in [0.05, 0.1) is 13.1 Å². The second-order valence-corrected chi connectivity index (χ2v) is 3.28. The van der Waals surface area contributed by atoms with Crippen molar-refractivity contribution in [2.24, 2.45) is 0 Å². The minimum Gasteiger partial charge on any atom is -0.293 e. The predicted octanol–water partition coefficient (Wildman–Crippen LogP) is 2.52. The van der Waals surface area contributed by atoms with Gasteiger partial charge in [0, 0.05) is 0 Å². The van der Waals surface area contributed by atoms with Crippen LogP contribution in [-0.2, 0) is 0 Å². The van der Waals surface area contributed by atoms with Crippen LogP contribution in [-0.4, -0.2) is 49.1 Å². The first-order chi connectivity index (χ1) is 6.78. The Morgan fingerprint density at radius 2 is 0.875 bits per heavy atom. The molecule has 2 nitrogen and oxygen atoms in total. The highest BCUT2D eigenvalue weighted by atomic mass is 35.5. The van der Waals surface area contributed by atoms with Gasteiger partial charge in [-0.2, -0.15) is 0 Å². The number of hydrogen-bond acceptors (Lipinski definition) is 2. The molecule has 98 valence electrons. The monoisotopic (exact) mass is 268 g/mol. The lowest BCUT2D eigenvalue weighted by Crippen LogP contribution is -2.24. The van der Waals surface area contributed by atoms with Crippen LogP contribution in [0.15, 0.2) is 0 Å². The minimum absolute atomic E-state index is 0. The fraction of sp³-hybridized carbons (Fsp3) is 0.833. The fourth-order valence-corrected chi connectivity index (χ4v) is 1.23. The van der Waals surface area contributed by atoms with E-state index in [-0.39, 0.29) is 24.8 Å². The first-order valence-electron chi connectivity index (χ1n) is 5.68. The van der Waals surface area contributed by atoms with Gasteiger partial charge in [-0.25, -0.2) is 0 Å². The predicted molar refractivity (Wildman–Crippen MR) is 77.8 cm³/mol. The van der Waals surface area contributed by atoms with Crippen molar-refractivity contribution in [3.63, 3.8) is 0 Å². The zero-order chi connectivity index (χ0) is 10.8. The molecule has 0 unspecified atom stereocenters. The molecule has 0 amide bonds. The molecule has 0 aromatic heterocycles. The Balaban J connectivity index is -0.000000845. The molecule has 0 aliphatic rings. The minimum atomic E-state index is 0. The molecule has 0 radical (unpaired) electrons. The molecule has 0 saturated heterocycles. The van der Waals surface area contributed by atoms with Crippen LogP contribution in [0.2, 0.25) is 0 Å². The van der Waals surface area contributed by atoms with E-state index in [0.717, 1.165) is 39.3 Å². The largest absolute Gasteiger partial charge is 0.293 e. The highest BCUT2D eigenvalue weighted by Crippen LogP contribution is 1.85. The first-order valence-corrected chi connectivity index (χ1v) is 5.68. The smallest absolute Gasteiger partial charge is 0.0601 e. The van der Waals surface area contributed by atoms with Crippen LogP contribution < -0.4 is 0 Å². The Morgan fingerprint density at radius 3 is 1.06 bits per heavy atom. The highest BCUT2D eigenvalue weighted by Gasteiger charge is 1.95. The summed E-state index contributed by atoms with van der Waals surface area (Å²) in [6.07, 6.45) is 0. The molecule has 0 aliphatic carbocycles. The molecule has 0 heterocycles. The Hall–Kier alpha value is 0.0600. The number of halogens is 2. The van der Waals surface area contributed by atoms with E-state index in [1.807, 2.05) is 0 Å². The molecule has 0 N–H and O–H groups in total. The lowest BCUT2D eigenvalue weighted by Gasteiger charge is -2.15. The number of nitrogens with zero attached hydrogens (tertiary/aromatic N) is 2. The number of hydrogen-bond donors (Lipinski definition) is 0. The van der Waals surface area contributed by atoms with Crippen molar-refractivity contribution in [3.05, 3.63) is 0 Å². The molecule has 0 aromatic rings. The zero-order valence-corrected chi connectivity index (χ0v) is 12.6. The SMILES string of the molecule is CCN(CC)CC#CCN(CC)CC.Cl.Cl. The van der Waals surface area contributed by atoms with Gasteiger partial charge in [0.1, 0.15) is 0 Å². The Kier molecular flexibility index (Phi) is 20.1. The summed E-state index contributed by atoms with van der Waals surface area (Å²) in [5.74, 6) is 6.44. The van der Waals surface area contributed by atoms with Crippen molar-refractivity contribution in [3.8, 4) is 11.8 Å². The maximum atomic E-state index is 3.22. The molecule has 0 bridgehead atoms. The maximum absolute atomic E-state index is 3.22. The van der Waals surface area contributed by atoms with Crippen LogP contribution in [0.1, 0.15) is 27.7 Å². The summed E-state index contributed by atoms with van der Waals surface area (Å²) in [6, 6.07) is 0. The van der Waals surface area contributed by atoms with Gasteiger partial charge in [-0.05, 0) is 26.2 Å². The van der Waals surface area contributed by atoms with Crippen molar-refractivity contribution in [1.82, 2.24) is 9.80 Å². The van der Waals surface area contributed by atoms with Crippen molar-refractivity contribution >= 4 is 24.8 Å². The van der Waals surface area contributed by atoms with Crippen molar-refractivity contribution in [2.75, 3.05) is 39.3 Å². The van der Waals surface area contributed by atoms with E-state index in [4.69, 9.17) is 0 Å². The van der Waals surface area contributed by atoms with E-state index in [1.165, 1.54) is 0 Å². The van der Waals surface area contributed by atoms with Gasteiger partial charge in [-0.3, -0.25) is 9.80 Å². The van der Waals surface area contributed by atoms with E-state index in [2.05, 4.69) is 49.3 Å². The van der Waals surface area contributed by atoms with E-state index < -0.39 is 0 Å². The third-order valence-corrected chi connectivity index (χ3v) is 2.52. The molecular weight excluding hydrogens is 243 g/mol. The van der Waals surface area contributed by atoms with Crippen LogP contribution in [0.3, 0.4) is 0 Å². The van der Waals surface area contributed by atoms with Gasteiger partial charge in [-0.1, -0.05) is 39.5 Å². The third-order valence-electron chi connectivity index (χ3n) is 2.52. The lowest BCUT2D eigenvalue weighted by molar-refractivity contribution is 0.337. The molecule has 0 rings (SSSR count). The van der Waals surface area contributed by atoms with E-state index in [0.29, 0.717) is 0 Å². The van der Waals surface area contributed by atoms with E-state index in [1.54, 1.807) is 0 Å². The average molecular weight is 269 g/mol. The number of rotatable bonds is 6. The maximum Gasteiger partial charge on any atom is 0.0601 e. The molecule has 0 fully saturated rings. The summed E-state index contributed by atoms with van der Waals surface area (Å²) in [5.41, 5.74) is 0. The molecule has 16 heavy (non-hydrogen) atoms. The third kappa shape index (κ3) is 10.6. The molecule has 0 atom stereocenters. The first kappa shape index (κ1) is 21.4. The fourth-order valence-electron chi connectivity index (χ4n) is 1.23. The summed E-state index contributed by atoms with van der Waals surface area (Å²) < 4.78 is 0. The van der Waals surface area contributed by atoms with Crippen LogP contribution in [0.4, 0.5) is 0 Å². The van der Waals surface area contributed by atoms with Crippen molar-refractivity contribution in [1.29, 1.82) is 0 Å². The summed E-state index contributed by atoms with van der Waals surface area (Å²) in [6.45, 7) is 14.9. The Morgan fingerprint density at radius 1 is 0.625 bits per heavy atom.